The van der Waals surface area contributed by atoms with Gasteiger partial charge in [0, 0.05) is 5.39 Å². The van der Waals surface area contributed by atoms with Gasteiger partial charge >= 0.3 is 0 Å². The number of H-pyrrole nitrogens is 1. The molecule has 1 amide bonds. The molecule has 1 saturated carbocycles. The maximum Gasteiger partial charge on any atom is 0.272 e. The molecule has 0 aliphatic heterocycles. The molecule has 2 aromatic carbocycles. The van der Waals surface area contributed by atoms with Gasteiger partial charge in [-0.05, 0) is 24.0 Å². The topological polar surface area (TPSA) is 74.8 Å². The minimum atomic E-state index is -0.283. The first-order chi connectivity index (χ1) is 13.7. The molecule has 1 fully saturated rings. The summed E-state index contributed by atoms with van der Waals surface area (Å²) in [5.74, 6) is 0.372. The van der Waals surface area contributed by atoms with Crippen LogP contribution < -0.4 is 10.9 Å². The SMILES string of the molecule is O=C(NC(CC1CCCCC1)c1ccccc1)c1n[nH]c(=O)c2ccccc12. The van der Waals surface area contributed by atoms with Crippen LogP contribution in [0.1, 0.15) is 60.6 Å². The lowest BCUT2D eigenvalue weighted by Crippen LogP contribution is -2.32. The van der Waals surface area contributed by atoms with E-state index >= 15 is 0 Å². The summed E-state index contributed by atoms with van der Waals surface area (Å²) >= 11 is 0. The van der Waals surface area contributed by atoms with Gasteiger partial charge in [0.2, 0.25) is 0 Å². The van der Waals surface area contributed by atoms with Crippen molar-refractivity contribution < 1.29 is 4.79 Å². The zero-order valence-electron chi connectivity index (χ0n) is 15.9. The summed E-state index contributed by atoms with van der Waals surface area (Å²) in [5, 5.41) is 10.7. The highest BCUT2D eigenvalue weighted by Gasteiger charge is 2.23. The second kappa shape index (κ2) is 8.38. The van der Waals surface area contributed by atoms with Crippen LogP contribution in [-0.2, 0) is 0 Å². The van der Waals surface area contributed by atoms with Crippen LogP contribution >= 0.6 is 0 Å². The largest absolute Gasteiger partial charge is 0.344 e. The molecule has 3 aromatic rings. The number of amides is 1. The van der Waals surface area contributed by atoms with Crippen LogP contribution in [0.3, 0.4) is 0 Å². The van der Waals surface area contributed by atoms with E-state index in [1.54, 1.807) is 18.2 Å². The van der Waals surface area contributed by atoms with Crippen LogP contribution in [0.25, 0.3) is 10.8 Å². The van der Waals surface area contributed by atoms with Crippen molar-refractivity contribution in [3.8, 4) is 0 Å². The van der Waals surface area contributed by atoms with Crippen LogP contribution in [0.15, 0.2) is 59.4 Å². The van der Waals surface area contributed by atoms with Crippen LogP contribution in [0.4, 0.5) is 0 Å². The van der Waals surface area contributed by atoms with Gasteiger partial charge in [-0.25, -0.2) is 5.10 Å². The molecule has 1 unspecified atom stereocenters. The Hall–Kier alpha value is -2.95. The Morgan fingerprint density at radius 2 is 1.68 bits per heavy atom. The summed E-state index contributed by atoms with van der Waals surface area (Å²) in [7, 11) is 0. The van der Waals surface area contributed by atoms with Crippen molar-refractivity contribution in [2.75, 3.05) is 0 Å². The first-order valence-electron chi connectivity index (χ1n) is 10.1. The molecule has 0 saturated heterocycles. The first-order valence-corrected chi connectivity index (χ1v) is 10.1. The summed E-state index contributed by atoms with van der Waals surface area (Å²) in [4.78, 5) is 25.1. The second-order valence-corrected chi connectivity index (χ2v) is 7.62. The van der Waals surface area contributed by atoms with Gasteiger partial charge < -0.3 is 5.32 Å². The van der Waals surface area contributed by atoms with Crippen molar-refractivity contribution in [2.45, 2.75) is 44.6 Å². The lowest BCUT2D eigenvalue weighted by molar-refractivity contribution is 0.0924. The third kappa shape index (κ3) is 3.98. The quantitative estimate of drug-likeness (QED) is 0.695. The Kier molecular flexibility index (Phi) is 5.51. The van der Waals surface area contributed by atoms with Crippen LogP contribution in [0.5, 0.6) is 0 Å². The predicted molar refractivity (Wildman–Crippen MR) is 110 cm³/mol. The number of benzene rings is 2. The van der Waals surface area contributed by atoms with Gasteiger partial charge in [0.1, 0.15) is 0 Å². The molecule has 1 atom stereocenters. The molecule has 5 nitrogen and oxygen atoms in total. The maximum absolute atomic E-state index is 13.1. The monoisotopic (exact) mass is 375 g/mol. The van der Waals surface area contributed by atoms with Gasteiger partial charge in [-0.3, -0.25) is 9.59 Å². The highest BCUT2D eigenvalue weighted by molar-refractivity contribution is 6.04. The Labute approximate surface area is 164 Å². The van der Waals surface area contributed by atoms with Crippen molar-refractivity contribution >= 4 is 16.7 Å². The standard InChI is InChI=1S/C23H25N3O2/c27-22-19-14-8-7-13-18(19)21(25-26-22)23(28)24-20(17-11-5-2-6-12-17)15-16-9-3-1-4-10-16/h2,5-8,11-14,16,20H,1,3-4,9-10,15H2,(H,24,28)(H,26,27). The number of nitrogens with one attached hydrogen (secondary N) is 2. The van der Waals surface area contributed by atoms with Gasteiger partial charge in [-0.1, -0.05) is 80.6 Å². The van der Waals surface area contributed by atoms with Gasteiger partial charge in [0.05, 0.1) is 11.4 Å². The number of rotatable bonds is 5. The lowest BCUT2D eigenvalue weighted by Gasteiger charge is -2.27. The third-order valence-electron chi connectivity index (χ3n) is 5.71. The molecule has 28 heavy (non-hydrogen) atoms. The molecule has 1 heterocycles. The predicted octanol–water partition coefficient (Wildman–Crippen LogP) is 4.36. The average Bonchev–Trinajstić information content (AvgIpc) is 2.75. The van der Waals surface area contributed by atoms with Crippen molar-refractivity contribution in [1.82, 2.24) is 15.5 Å². The molecule has 4 rings (SSSR count). The molecule has 1 aliphatic rings. The van der Waals surface area contributed by atoms with E-state index in [9.17, 15) is 9.59 Å². The molecular weight excluding hydrogens is 350 g/mol. The number of hydrogen-bond acceptors (Lipinski definition) is 3. The zero-order valence-corrected chi connectivity index (χ0v) is 15.9. The van der Waals surface area contributed by atoms with Crippen LogP contribution in [0.2, 0.25) is 0 Å². The Balaban J connectivity index is 1.62. The summed E-state index contributed by atoms with van der Waals surface area (Å²) in [6.07, 6.45) is 7.22. The van der Waals surface area contributed by atoms with Gasteiger partial charge in [0.15, 0.2) is 5.69 Å². The summed E-state index contributed by atoms with van der Waals surface area (Å²) in [6, 6.07) is 17.1. The number of hydrogen-bond donors (Lipinski definition) is 2. The number of aromatic nitrogens is 2. The normalized spacial score (nSPS) is 16.0. The van der Waals surface area contributed by atoms with E-state index in [4.69, 9.17) is 0 Å². The molecule has 1 aliphatic carbocycles. The van der Waals surface area contributed by atoms with E-state index in [2.05, 4.69) is 27.6 Å². The summed E-state index contributed by atoms with van der Waals surface area (Å²) < 4.78 is 0. The zero-order chi connectivity index (χ0) is 19.3. The summed E-state index contributed by atoms with van der Waals surface area (Å²) in [5.41, 5.74) is 1.09. The van der Waals surface area contributed by atoms with Crippen LogP contribution in [-0.4, -0.2) is 16.1 Å². The number of nitrogens with zero attached hydrogens (tertiary/aromatic N) is 1. The number of fused-ring (bicyclic) bond motifs is 1. The fourth-order valence-electron chi connectivity index (χ4n) is 4.23. The van der Waals surface area contributed by atoms with Crippen LogP contribution in [0, 0.1) is 5.92 Å². The Morgan fingerprint density at radius 3 is 2.43 bits per heavy atom. The molecular formula is C23H25N3O2. The van der Waals surface area contributed by atoms with E-state index in [0.717, 1.165) is 12.0 Å². The van der Waals surface area contributed by atoms with Crippen molar-refractivity contribution in [3.63, 3.8) is 0 Å². The molecule has 0 radical (unpaired) electrons. The highest BCUT2D eigenvalue weighted by Crippen LogP contribution is 2.32. The Morgan fingerprint density at radius 1 is 1.00 bits per heavy atom. The van der Waals surface area contributed by atoms with Gasteiger partial charge in [-0.2, -0.15) is 5.10 Å². The van der Waals surface area contributed by atoms with Crippen molar-refractivity contribution in [2.24, 2.45) is 5.92 Å². The van der Waals surface area contributed by atoms with E-state index in [1.807, 2.05) is 24.3 Å². The molecule has 0 spiro atoms. The molecule has 5 heteroatoms. The molecule has 0 bridgehead atoms. The smallest absolute Gasteiger partial charge is 0.272 e. The minimum absolute atomic E-state index is 0.0655. The molecule has 2 N–H and O–H groups in total. The third-order valence-corrected chi connectivity index (χ3v) is 5.71. The van der Waals surface area contributed by atoms with Crippen molar-refractivity contribution in [3.05, 3.63) is 76.2 Å². The highest BCUT2D eigenvalue weighted by atomic mass is 16.2. The van der Waals surface area contributed by atoms with E-state index in [0.29, 0.717) is 16.7 Å². The summed E-state index contributed by atoms with van der Waals surface area (Å²) in [6.45, 7) is 0. The van der Waals surface area contributed by atoms with E-state index < -0.39 is 0 Å². The minimum Gasteiger partial charge on any atom is -0.344 e. The first kappa shape index (κ1) is 18.4. The Bertz CT molecular complexity index is 1010. The maximum atomic E-state index is 13.1. The van der Waals surface area contributed by atoms with Gasteiger partial charge in [0.25, 0.3) is 11.5 Å². The number of aromatic amines is 1. The molecule has 1 aromatic heterocycles. The lowest BCUT2D eigenvalue weighted by atomic mass is 9.83. The van der Waals surface area contributed by atoms with Crippen molar-refractivity contribution in [1.29, 1.82) is 0 Å². The van der Waals surface area contributed by atoms with Gasteiger partial charge in [-0.15, -0.1) is 0 Å². The second-order valence-electron chi connectivity index (χ2n) is 7.62. The fourth-order valence-corrected chi connectivity index (χ4v) is 4.23. The van der Waals surface area contributed by atoms with E-state index in [-0.39, 0.29) is 23.2 Å². The number of carbonyl (C=O) groups excluding carboxylic acids is 1. The van der Waals surface area contributed by atoms with E-state index in [1.165, 1.54) is 32.1 Å². The average molecular weight is 375 g/mol. The molecule has 144 valence electrons. The number of carbonyl (C=O) groups is 1. The fraction of sp³-hybridized carbons (Fsp3) is 0.348.